The van der Waals surface area contributed by atoms with Gasteiger partial charge < -0.3 is 29.4 Å². The van der Waals surface area contributed by atoms with Crippen LogP contribution in [0.15, 0.2) is 34.9 Å². The highest BCUT2D eigenvalue weighted by atomic mass is 16.5. The minimum absolute atomic E-state index is 0.0534. The molecule has 0 radical (unpaired) electrons. The molecule has 168 valence electrons. The van der Waals surface area contributed by atoms with Gasteiger partial charge in [0.25, 0.3) is 5.91 Å². The summed E-state index contributed by atoms with van der Waals surface area (Å²) in [5, 5.41) is 0.721. The fraction of sp³-hybridized carbons (Fsp3) is 0.435. The second kappa shape index (κ2) is 8.22. The second-order valence-electron chi connectivity index (χ2n) is 8.22. The maximum absolute atomic E-state index is 13.1. The Morgan fingerprint density at radius 2 is 1.84 bits per heavy atom. The Balaban J connectivity index is 1.50. The van der Waals surface area contributed by atoms with E-state index in [-0.39, 0.29) is 18.0 Å². The Hall–Kier alpha value is -3.49. The van der Waals surface area contributed by atoms with Crippen molar-refractivity contribution in [2.24, 2.45) is 0 Å². The van der Waals surface area contributed by atoms with Crippen molar-refractivity contribution in [1.82, 2.24) is 14.9 Å². The van der Waals surface area contributed by atoms with Gasteiger partial charge in [0.15, 0.2) is 17.3 Å². The fourth-order valence-corrected chi connectivity index (χ4v) is 5.00. The third kappa shape index (κ3) is 3.37. The molecule has 9 heteroatoms. The smallest absolute Gasteiger partial charge is 0.289 e. The number of hydrogen-bond acceptors (Lipinski definition) is 8. The topological polar surface area (TPSA) is 107 Å². The highest BCUT2D eigenvalue weighted by Gasteiger charge is 2.42. The fourth-order valence-electron chi connectivity index (χ4n) is 5.00. The molecule has 9 nitrogen and oxygen atoms in total. The maximum Gasteiger partial charge on any atom is 0.289 e. The van der Waals surface area contributed by atoms with Gasteiger partial charge in [0, 0.05) is 24.5 Å². The summed E-state index contributed by atoms with van der Waals surface area (Å²) in [6.45, 7) is 1.21. The SMILES string of the molecule is COc1cc2nc(N3CCN(C(=O)c4ccco4)[C@@H]4CCCC[C@@H]43)nc(N)c2cc1OC. The van der Waals surface area contributed by atoms with Crippen molar-refractivity contribution in [3.05, 3.63) is 36.3 Å². The molecule has 5 rings (SSSR count). The van der Waals surface area contributed by atoms with Crippen molar-refractivity contribution in [3.8, 4) is 11.5 Å². The monoisotopic (exact) mass is 437 g/mol. The lowest BCUT2D eigenvalue weighted by molar-refractivity contribution is 0.0508. The number of nitrogens with zero attached hydrogens (tertiary/aromatic N) is 4. The van der Waals surface area contributed by atoms with Crippen LogP contribution in [0.25, 0.3) is 10.9 Å². The van der Waals surface area contributed by atoms with Gasteiger partial charge in [-0.3, -0.25) is 4.79 Å². The first-order valence-electron chi connectivity index (χ1n) is 10.9. The van der Waals surface area contributed by atoms with Crippen LogP contribution in [0.1, 0.15) is 36.2 Å². The Morgan fingerprint density at radius 3 is 2.56 bits per heavy atom. The minimum atomic E-state index is -0.0534. The molecule has 32 heavy (non-hydrogen) atoms. The Bertz CT molecular complexity index is 1130. The molecule has 1 amide bonds. The van der Waals surface area contributed by atoms with Crippen molar-refractivity contribution >= 4 is 28.6 Å². The summed E-state index contributed by atoms with van der Waals surface area (Å²) in [4.78, 5) is 26.7. The van der Waals surface area contributed by atoms with Gasteiger partial charge in [-0.2, -0.15) is 4.98 Å². The van der Waals surface area contributed by atoms with Gasteiger partial charge in [-0.25, -0.2) is 4.98 Å². The summed E-state index contributed by atoms with van der Waals surface area (Å²) >= 11 is 0. The minimum Gasteiger partial charge on any atom is -0.493 e. The van der Waals surface area contributed by atoms with E-state index in [9.17, 15) is 4.79 Å². The number of carbonyl (C=O) groups excluding carboxylic acids is 1. The Labute approximate surface area is 186 Å². The standard InChI is InChI=1S/C23H27N5O4/c1-30-19-12-14-15(13-20(19)31-2)25-23(26-21(14)24)28-10-9-27(16-6-3-4-7-17(16)28)22(29)18-8-5-11-32-18/h5,8,11-13,16-17H,3-4,6-7,9-10H2,1-2H3,(H2,24,25,26)/t16-,17+/m1/s1. The van der Waals surface area contributed by atoms with E-state index in [4.69, 9.17) is 24.6 Å². The van der Waals surface area contributed by atoms with Crippen LogP contribution in [-0.4, -0.2) is 60.2 Å². The molecule has 2 atom stereocenters. The first-order valence-corrected chi connectivity index (χ1v) is 10.9. The van der Waals surface area contributed by atoms with Crippen LogP contribution in [0.2, 0.25) is 0 Å². The molecule has 1 aliphatic carbocycles. The van der Waals surface area contributed by atoms with Crippen LogP contribution in [0.4, 0.5) is 11.8 Å². The number of carbonyl (C=O) groups is 1. The number of amides is 1. The van der Waals surface area contributed by atoms with Gasteiger partial charge in [-0.05, 0) is 31.0 Å². The third-order valence-corrected chi connectivity index (χ3v) is 6.54. The summed E-state index contributed by atoms with van der Waals surface area (Å²) in [6, 6.07) is 7.31. The van der Waals surface area contributed by atoms with Gasteiger partial charge in [-0.1, -0.05) is 12.8 Å². The van der Waals surface area contributed by atoms with Gasteiger partial charge >= 0.3 is 0 Å². The van der Waals surface area contributed by atoms with Gasteiger partial charge in [-0.15, -0.1) is 0 Å². The van der Waals surface area contributed by atoms with E-state index < -0.39 is 0 Å². The van der Waals surface area contributed by atoms with E-state index in [0.717, 1.165) is 31.1 Å². The molecule has 1 saturated heterocycles. The molecular formula is C23H27N5O4. The lowest BCUT2D eigenvalue weighted by Gasteiger charge is -2.49. The van der Waals surface area contributed by atoms with Crippen molar-refractivity contribution in [1.29, 1.82) is 0 Å². The number of hydrogen-bond donors (Lipinski definition) is 1. The average Bonchev–Trinajstić information content (AvgIpc) is 3.37. The first kappa shape index (κ1) is 20.4. The predicted molar refractivity (Wildman–Crippen MR) is 120 cm³/mol. The zero-order valence-corrected chi connectivity index (χ0v) is 18.3. The van der Waals surface area contributed by atoms with Crippen LogP contribution in [-0.2, 0) is 0 Å². The van der Waals surface area contributed by atoms with Crippen molar-refractivity contribution < 1.29 is 18.7 Å². The molecule has 3 aromatic rings. The van der Waals surface area contributed by atoms with Crippen LogP contribution in [0, 0.1) is 0 Å². The summed E-state index contributed by atoms with van der Waals surface area (Å²) in [6.07, 6.45) is 5.65. The summed E-state index contributed by atoms with van der Waals surface area (Å²) in [5.74, 6) is 2.49. The molecule has 1 aliphatic heterocycles. The normalized spacial score (nSPS) is 20.8. The van der Waals surface area contributed by atoms with E-state index in [1.54, 1.807) is 32.4 Å². The maximum atomic E-state index is 13.1. The highest BCUT2D eigenvalue weighted by Crippen LogP contribution is 2.37. The van der Waals surface area contributed by atoms with Crippen molar-refractivity contribution in [2.75, 3.05) is 37.9 Å². The highest BCUT2D eigenvalue weighted by molar-refractivity contribution is 5.93. The van der Waals surface area contributed by atoms with Crippen molar-refractivity contribution in [3.63, 3.8) is 0 Å². The average molecular weight is 438 g/mol. The van der Waals surface area contributed by atoms with E-state index in [1.807, 2.05) is 11.0 Å². The van der Waals surface area contributed by atoms with E-state index in [1.165, 1.54) is 6.26 Å². The number of nitrogens with two attached hydrogens (primary N) is 1. The number of ether oxygens (including phenoxy) is 2. The number of nitrogen functional groups attached to an aromatic ring is 1. The quantitative estimate of drug-likeness (QED) is 0.664. The van der Waals surface area contributed by atoms with Crippen LogP contribution in [0.3, 0.4) is 0 Å². The number of piperazine rings is 1. The molecule has 0 bridgehead atoms. The zero-order valence-electron chi connectivity index (χ0n) is 18.3. The molecule has 2 aliphatic rings. The molecule has 2 N–H and O–H groups in total. The van der Waals surface area contributed by atoms with E-state index in [0.29, 0.717) is 47.6 Å². The number of benzene rings is 1. The number of aromatic nitrogens is 2. The molecule has 1 aromatic carbocycles. The number of anilines is 2. The van der Waals surface area contributed by atoms with Gasteiger partial charge in [0.1, 0.15) is 5.82 Å². The second-order valence-corrected chi connectivity index (χ2v) is 8.22. The van der Waals surface area contributed by atoms with Gasteiger partial charge in [0.05, 0.1) is 38.1 Å². The molecule has 2 fully saturated rings. The first-order chi connectivity index (χ1) is 15.6. The summed E-state index contributed by atoms with van der Waals surface area (Å²) < 4.78 is 16.2. The molecule has 0 unspecified atom stereocenters. The molecule has 0 spiro atoms. The van der Waals surface area contributed by atoms with E-state index in [2.05, 4.69) is 9.88 Å². The van der Waals surface area contributed by atoms with Crippen LogP contribution in [0.5, 0.6) is 11.5 Å². The molecule has 3 heterocycles. The largest absolute Gasteiger partial charge is 0.493 e. The van der Waals surface area contributed by atoms with Gasteiger partial charge in [0.2, 0.25) is 5.95 Å². The lowest BCUT2D eigenvalue weighted by Crippen LogP contribution is -2.62. The summed E-state index contributed by atoms with van der Waals surface area (Å²) in [7, 11) is 3.18. The van der Waals surface area contributed by atoms with Crippen LogP contribution < -0.4 is 20.1 Å². The van der Waals surface area contributed by atoms with E-state index >= 15 is 0 Å². The third-order valence-electron chi connectivity index (χ3n) is 6.54. The Morgan fingerprint density at radius 1 is 1.09 bits per heavy atom. The Kier molecular flexibility index (Phi) is 5.24. The molecule has 2 aromatic heterocycles. The molecule has 1 saturated carbocycles. The molecular weight excluding hydrogens is 410 g/mol. The summed E-state index contributed by atoms with van der Waals surface area (Å²) in [5.41, 5.74) is 7.04. The number of furan rings is 1. The number of fused-ring (bicyclic) bond motifs is 2. The number of methoxy groups -OCH3 is 2. The van der Waals surface area contributed by atoms with Crippen molar-refractivity contribution in [2.45, 2.75) is 37.8 Å². The lowest BCUT2D eigenvalue weighted by atomic mass is 9.86. The zero-order chi connectivity index (χ0) is 22.2. The predicted octanol–water partition coefficient (Wildman–Crippen LogP) is 3.10. The number of rotatable bonds is 4. The van der Waals surface area contributed by atoms with Crippen LogP contribution >= 0.6 is 0 Å².